The summed E-state index contributed by atoms with van der Waals surface area (Å²) in [6.07, 6.45) is 0. The molecule has 3 rings (SSSR count). The fourth-order valence-electron chi connectivity index (χ4n) is 3.00. The maximum absolute atomic E-state index is 10.5. The molecule has 3 aromatic rings. The van der Waals surface area contributed by atoms with Crippen molar-refractivity contribution in [2.45, 2.75) is 26.7 Å². The quantitative estimate of drug-likeness (QED) is 0.514. The number of benzene rings is 3. The lowest BCUT2D eigenvalue weighted by atomic mass is 9.83. The molecule has 0 saturated carbocycles. The highest BCUT2D eigenvalue weighted by atomic mass is 16.3. The summed E-state index contributed by atoms with van der Waals surface area (Å²) >= 11 is 0. The molecule has 0 bridgehead atoms. The Morgan fingerprint density at radius 1 is 0.625 bits per heavy atom. The SMILES string of the molecule is Cc1ccc(C(c2ccc(C)cc2)c2cc(O)c(C)cc2O)cc1. The zero-order chi connectivity index (χ0) is 17.3. The number of hydrogen-bond acceptors (Lipinski definition) is 2. The van der Waals surface area contributed by atoms with Crippen molar-refractivity contribution in [1.29, 1.82) is 0 Å². The second kappa shape index (κ2) is 6.40. The van der Waals surface area contributed by atoms with Gasteiger partial charge in [0.2, 0.25) is 0 Å². The number of phenolic OH excluding ortho intramolecular Hbond substituents is 2. The molecule has 0 aromatic heterocycles. The van der Waals surface area contributed by atoms with E-state index in [1.54, 1.807) is 19.1 Å². The first-order chi connectivity index (χ1) is 11.5. The smallest absolute Gasteiger partial charge is 0.120 e. The first-order valence-corrected chi connectivity index (χ1v) is 8.11. The molecule has 0 saturated heterocycles. The number of hydrogen-bond donors (Lipinski definition) is 2. The van der Waals surface area contributed by atoms with E-state index in [0.29, 0.717) is 11.1 Å². The van der Waals surface area contributed by atoms with Gasteiger partial charge in [0, 0.05) is 11.5 Å². The van der Waals surface area contributed by atoms with Crippen LogP contribution >= 0.6 is 0 Å². The first kappa shape index (κ1) is 16.1. The Balaban J connectivity index is 2.20. The maximum atomic E-state index is 10.5. The van der Waals surface area contributed by atoms with E-state index in [2.05, 4.69) is 62.4 Å². The summed E-state index contributed by atoms with van der Waals surface area (Å²) < 4.78 is 0. The summed E-state index contributed by atoms with van der Waals surface area (Å²) in [6.45, 7) is 5.89. The molecule has 24 heavy (non-hydrogen) atoms. The van der Waals surface area contributed by atoms with Crippen molar-refractivity contribution >= 4 is 0 Å². The molecule has 0 heterocycles. The molecule has 0 aliphatic rings. The van der Waals surface area contributed by atoms with Gasteiger partial charge in [0.05, 0.1) is 0 Å². The van der Waals surface area contributed by atoms with E-state index in [0.717, 1.165) is 11.1 Å². The Bertz CT molecular complexity index is 801. The molecule has 0 amide bonds. The molecule has 0 aliphatic heterocycles. The van der Waals surface area contributed by atoms with Crippen molar-refractivity contribution in [3.05, 3.63) is 94.0 Å². The molecule has 0 spiro atoms. The van der Waals surface area contributed by atoms with Crippen molar-refractivity contribution in [2.24, 2.45) is 0 Å². The lowest BCUT2D eigenvalue weighted by Gasteiger charge is -2.21. The Kier molecular flexibility index (Phi) is 4.30. The van der Waals surface area contributed by atoms with Crippen LogP contribution in [0.2, 0.25) is 0 Å². The van der Waals surface area contributed by atoms with Crippen LogP contribution in [0.1, 0.15) is 39.3 Å². The van der Waals surface area contributed by atoms with Gasteiger partial charge in [0.25, 0.3) is 0 Å². The van der Waals surface area contributed by atoms with E-state index >= 15 is 0 Å². The molecular formula is C22H22O2. The van der Waals surface area contributed by atoms with E-state index in [-0.39, 0.29) is 17.4 Å². The van der Waals surface area contributed by atoms with Crippen molar-refractivity contribution in [1.82, 2.24) is 0 Å². The standard InChI is InChI=1S/C22H22O2/c1-14-4-8-17(9-5-14)22(18-10-6-15(2)7-11-18)19-13-20(23)16(3)12-21(19)24/h4-13,22-24H,1-3H3. The van der Waals surface area contributed by atoms with Gasteiger partial charge in [-0.15, -0.1) is 0 Å². The van der Waals surface area contributed by atoms with Crippen molar-refractivity contribution in [3.8, 4) is 11.5 Å². The fraction of sp³-hybridized carbons (Fsp3) is 0.182. The van der Waals surface area contributed by atoms with Crippen LogP contribution in [-0.4, -0.2) is 10.2 Å². The molecule has 0 radical (unpaired) electrons. The largest absolute Gasteiger partial charge is 0.508 e. The van der Waals surface area contributed by atoms with E-state index in [1.807, 2.05) is 0 Å². The van der Waals surface area contributed by atoms with Crippen LogP contribution in [-0.2, 0) is 0 Å². The van der Waals surface area contributed by atoms with Gasteiger partial charge >= 0.3 is 0 Å². The second-order valence-electron chi connectivity index (χ2n) is 6.45. The highest BCUT2D eigenvalue weighted by molar-refractivity contribution is 5.53. The van der Waals surface area contributed by atoms with Crippen LogP contribution in [0.4, 0.5) is 0 Å². The van der Waals surface area contributed by atoms with Crippen molar-refractivity contribution in [2.75, 3.05) is 0 Å². The molecule has 2 heteroatoms. The lowest BCUT2D eigenvalue weighted by Crippen LogP contribution is -2.04. The van der Waals surface area contributed by atoms with Crippen molar-refractivity contribution in [3.63, 3.8) is 0 Å². The van der Waals surface area contributed by atoms with E-state index in [9.17, 15) is 10.2 Å². The van der Waals surface area contributed by atoms with Crippen molar-refractivity contribution < 1.29 is 10.2 Å². The van der Waals surface area contributed by atoms with Gasteiger partial charge in [-0.1, -0.05) is 59.7 Å². The van der Waals surface area contributed by atoms with Gasteiger partial charge in [-0.2, -0.15) is 0 Å². The summed E-state index contributed by atoms with van der Waals surface area (Å²) in [5, 5.41) is 20.7. The average molecular weight is 318 g/mol. The van der Waals surface area contributed by atoms with Gasteiger partial charge in [0.1, 0.15) is 11.5 Å². The Labute approximate surface area is 143 Å². The highest BCUT2D eigenvalue weighted by Gasteiger charge is 2.21. The van der Waals surface area contributed by atoms with Crippen LogP contribution in [0.25, 0.3) is 0 Å². The minimum atomic E-state index is -0.127. The van der Waals surface area contributed by atoms with Crippen LogP contribution in [0.5, 0.6) is 11.5 Å². The fourth-order valence-corrected chi connectivity index (χ4v) is 3.00. The second-order valence-corrected chi connectivity index (χ2v) is 6.45. The summed E-state index contributed by atoms with van der Waals surface area (Å²) in [5.41, 5.74) is 5.94. The van der Waals surface area contributed by atoms with E-state index < -0.39 is 0 Å². The molecule has 0 atom stereocenters. The molecule has 0 unspecified atom stereocenters. The van der Waals surface area contributed by atoms with Crippen LogP contribution in [0.3, 0.4) is 0 Å². The zero-order valence-electron chi connectivity index (χ0n) is 14.2. The monoisotopic (exact) mass is 318 g/mol. The van der Waals surface area contributed by atoms with Gasteiger partial charge < -0.3 is 10.2 Å². The van der Waals surface area contributed by atoms with E-state index in [4.69, 9.17) is 0 Å². The number of rotatable bonds is 3. The van der Waals surface area contributed by atoms with Crippen LogP contribution in [0.15, 0.2) is 60.7 Å². The first-order valence-electron chi connectivity index (χ1n) is 8.11. The Morgan fingerprint density at radius 2 is 1.08 bits per heavy atom. The molecular weight excluding hydrogens is 296 g/mol. The topological polar surface area (TPSA) is 40.5 Å². The number of phenols is 2. The third kappa shape index (κ3) is 3.13. The minimum Gasteiger partial charge on any atom is -0.508 e. The number of aryl methyl sites for hydroxylation is 3. The van der Waals surface area contributed by atoms with Gasteiger partial charge in [-0.25, -0.2) is 0 Å². The molecule has 0 fully saturated rings. The highest BCUT2D eigenvalue weighted by Crippen LogP contribution is 2.39. The van der Waals surface area contributed by atoms with Gasteiger partial charge in [0.15, 0.2) is 0 Å². The van der Waals surface area contributed by atoms with Crippen LogP contribution < -0.4 is 0 Å². The Hall–Kier alpha value is -2.74. The summed E-state index contributed by atoms with van der Waals surface area (Å²) in [6, 6.07) is 19.9. The third-order valence-corrected chi connectivity index (χ3v) is 4.48. The predicted octanol–water partition coefficient (Wildman–Crippen LogP) is 5.20. The van der Waals surface area contributed by atoms with E-state index in [1.165, 1.54) is 11.1 Å². The van der Waals surface area contributed by atoms with Gasteiger partial charge in [-0.3, -0.25) is 0 Å². The number of aromatic hydroxyl groups is 2. The minimum absolute atomic E-state index is 0.127. The molecule has 122 valence electrons. The third-order valence-electron chi connectivity index (χ3n) is 4.48. The summed E-state index contributed by atoms with van der Waals surface area (Å²) in [7, 11) is 0. The summed E-state index contributed by atoms with van der Waals surface area (Å²) in [5.74, 6) is 0.279. The Morgan fingerprint density at radius 3 is 1.54 bits per heavy atom. The van der Waals surface area contributed by atoms with Crippen LogP contribution in [0, 0.1) is 20.8 Å². The van der Waals surface area contributed by atoms with Gasteiger partial charge in [-0.05, 0) is 49.6 Å². The molecule has 2 N–H and O–H groups in total. The maximum Gasteiger partial charge on any atom is 0.120 e. The zero-order valence-corrected chi connectivity index (χ0v) is 14.2. The normalized spacial score (nSPS) is 11.0. The molecule has 0 aliphatic carbocycles. The molecule has 2 nitrogen and oxygen atoms in total. The average Bonchev–Trinajstić information content (AvgIpc) is 2.56. The predicted molar refractivity (Wildman–Crippen MR) is 97.8 cm³/mol. The summed E-state index contributed by atoms with van der Waals surface area (Å²) in [4.78, 5) is 0. The lowest BCUT2D eigenvalue weighted by molar-refractivity contribution is 0.450. The molecule has 3 aromatic carbocycles.